The Bertz CT molecular complexity index is 627. The van der Waals surface area contributed by atoms with E-state index in [2.05, 4.69) is 13.8 Å². The SMILES string of the molecule is CCCCCCc1c(CCCCCC)c(C(=O)O)c(O)c(OOCC)c1OCC. The number of aromatic hydroxyl groups is 1. The number of hydrogen-bond donors (Lipinski definition) is 2. The Morgan fingerprint density at radius 2 is 1.38 bits per heavy atom. The molecule has 0 amide bonds. The maximum Gasteiger partial charge on any atom is 0.339 e. The van der Waals surface area contributed by atoms with Crippen LogP contribution in [0.5, 0.6) is 17.2 Å². The van der Waals surface area contributed by atoms with Gasteiger partial charge < -0.3 is 19.8 Å². The molecule has 0 bridgehead atoms. The van der Waals surface area contributed by atoms with Crippen LogP contribution in [0.25, 0.3) is 0 Å². The van der Waals surface area contributed by atoms with Crippen LogP contribution in [0, 0.1) is 0 Å². The second kappa shape index (κ2) is 14.1. The first kappa shape index (κ1) is 25.1. The maximum atomic E-state index is 12.1. The summed E-state index contributed by atoms with van der Waals surface area (Å²) in [5.41, 5.74) is 1.39. The third-order valence-electron chi connectivity index (χ3n) is 4.92. The summed E-state index contributed by atoms with van der Waals surface area (Å²) in [4.78, 5) is 22.4. The molecule has 0 heterocycles. The number of unbranched alkanes of at least 4 members (excludes halogenated alkanes) is 6. The van der Waals surface area contributed by atoms with E-state index in [-0.39, 0.29) is 17.9 Å². The lowest BCUT2D eigenvalue weighted by molar-refractivity contribution is -0.204. The Morgan fingerprint density at radius 1 is 0.793 bits per heavy atom. The van der Waals surface area contributed by atoms with E-state index < -0.39 is 11.7 Å². The van der Waals surface area contributed by atoms with Gasteiger partial charge in [-0.1, -0.05) is 52.4 Å². The monoisotopic (exact) mass is 410 g/mol. The minimum atomic E-state index is -1.16. The van der Waals surface area contributed by atoms with Crippen molar-refractivity contribution in [3.8, 4) is 17.2 Å². The van der Waals surface area contributed by atoms with Crippen LogP contribution < -0.4 is 9.62 Å². The van der Waals surface area contributed by atoms with Gasteiger partial charge in [0.2, 0.25) is 5.75 Å². The largest absolute Gasteiger partial charge is 0.503 e. The van der Waals surface area contributed by atoms with Gasteiger partial charge in [-0.25, -0.2) is 4.79 Å². The van der Waals surface area contributed by atoms with E-state index in [9.17, 15) is 15.0 Å². The highest BCUT2D eigenvalue weighted by Gasteiger charge is 2.29. The predicted octanol–water partition coefficient (Wildman–Crippen LogP) is 6.07. The van der Waals surface area contributed by atoms with Gasteiger partial charge in [0, 0.05) is 5.56 Å². The molecule has 29 heavy (non-hydrogen) atoms. The lowest BCUT2D eigenvalue weighted by atomic mass is 9.90. The van der Waals surface area contributed by atoms with Crippen molar-refractivity contribution in [1.29, 1.82) is 0 Å². The molecule has 0 aromatic heterocycles. The molecule has 0 fully saturated rings. The smallest absolute Gasteiger partial charge is 0.339 e. The number of carbonyl (C=O) groups is 1. The number of ether oxygens (including phenoxy) is 1. The van der Waals surface area contributed by atoms with Gasteiger partial charge in [0.1, 0.15) is 5.56 Å². The lowest BCUT2D eigenvalue weighted by Gasteiger charge is -2.22. The topological polar surface area (TPSA) is 85.2 Å². The van der Waals surface area contributed by atoms with Gasteiger partial charge in [-0.15, -0.1) is 0 Å². The first-order valence-corrected chi connectivity index (χ1v) is 11.1. The number of carboxylic acids is 1. The van der Waals surface area contributed by atoms with E-state index in [4.69, 9.17) is 14.5 Å². The normalized spacial score (nSPS) is 10.9. The van der Waals surface area contributed by atoms with Crippen LogP contribution in [0.3, 0.4) is 0 Å². The van der Waals surface area contributed by atoms with Gasteiger partial charge in [0.05, 0.1) is 13.2 Å². The van der Waals surface area contributed by atoms with E-state index in [1.54, 1.807) is 6.92 Å². The first-order valence-electron chi connectivity index (χ1n) is 11.1. The molecule has 6 heteroatoms. The summed E-state index contributed by atoms with van der Waals surface area (Å²) in [6.07, 6.45) is 9.60. The second-order valence-corrected chi connectivity index (χ2v) is 7.19. The van der Waals surface area contributed by atoms with Crippen molar-refractivity contribution in [1.82, 2.24) is 0 Å². The molecule has 0 saturated heterocycles. The van der Waals surface area contributed by atoms with Gasteiger partial charge >= 0.3 is 5.97 Å². The fourth-order valence-electron chi connectivity index (χ4n) is 3.51. The summed E-state index contributed by atoms with van der Waals surface area (Å²) in [5.74, 6) is -1.20. The fourth-order valence-corrected chi connectivity index (χ4v) is 3.51. The number of carboxylic acid groups (broad SMARTS) is 1. The third-order valence-corrected chi connectivity index (χ3v) is 4.92. The van der Waals surface area contributed by atoms with Crippen molar-refractivity contribution in [3.63, 3.8) is 0 Å². The average Bonchev–Trinajstić information content (AvgIpc) is 2.69. The van der Waals surface area contributed by atoms with Crippen molar-refractivity contribution in [2.45, 2.75) is 91.9 Å². The minimum Gasteiger partial charge on any atom is -0.503 e. The highest BCUT2D eigenvalue weighted by atomic mass is 17.2. The van der Waals surface area contributed by atoms with Crippen LogP contribution in [-0.2, 0) is 17.7 Å². The van der Waals surface area contributed by atoms with E-state index in [0.29, 0.717) is 30.8 Å². The van der Waals surface area contributed by atoms with Crippen LogP contribution in [-0.4, -0.2) is 29.4 Å². The zero-order valence-corrected chi connectivity index (χ0v) is 18.5. The maximum absolute atomic E-state index is 12.1. The van der Waals surface area contributed by atoms with Gasteiger partial charge in [-0.2, -0.15) is 4.89 Å². The zero-order valence-electron chi connectivity index (χ0n) is 18.5. The highest BCUT2D eigenvalue weighted by molar-refractivity contribution is 5.95. The molecule has 0 aliphatic carbocycles. The Balaban J connectivity index is 3.48. The Morgan fingerprint density at radius 3 is 1.86 bits per heavy atom. The minimum absolute atomic E-state index is 0.0334. The molecule has 1 aromatic rings. The van der Waals surface area contributed by atoms with E-state index >= 15 is 0 Å². The van der Waals surface area contributed by atoms with Crippen molar-refractivity contribution in [2.24, 2.45) is 0 Å². The molecule has 6 nitrogen and oxygen atoms in total. The standard InChI is InChI=1S/C23H38O6/c1-5-9-11-13-15-17-18(16-14-12-10-6-2)21(27-7-3)22(29-28-8-4)20(24)19(17)23(25)26/h24H,5-16H2,1-4H3,(H,25,26). The summed E-state index contributed by atoms with van der Waals surface area (Å²) in [6, 6.07) is 0. The van der Waals surface area contributed by atoms with Crippen LogP contribution in [0.15, 0.2) is 0 Å². The molecule has 0 spiro atoms. The molecule has 0 aliphatic rings. The number of phenols is 1. The molecule has 1 aromatic carbocycles. The summed E-state index contributed by atoms with van der Waals surface area (Å²) in [7, 11) is 0. The molecule has 0 saturated carbocycles. The van der Waals surface area contributed by atoms with Crippen LogP contribution >= 0.6 is 0 Å². The molecular formula is C23H38O6. The van der Waals surface area contributed by atoms with Gasteiger partial charge in [0.15, 0.2) is 11.5 Å². The lowest BCUT2D eigenvalue weighted by Crippen LogP contribution is -2.12. The van der Waals surface area contributed by atoms with Gasteiger partial charge in [0.25, 0.3) is 0 Å². The second-order valence-electron chi connectivity index (χ2n) is 7.19. The van der Waals surface area contributed by atoms with Gasteiger partial charge in [-0.3, -0.25) is 0 Å². The molecule has 1 rings (SSSR count). The highest BCUT2D eigenvalue weighted by Crippen LogP contribution is 2.46. The van der Waals surface area contributed by atoms with Crippen molar-refractivity contribution in [3.05, 3.63) is 16.7 Å². The molecule has 166 valence electrons. The fraction of sp³-hybridized carbons (Fsp3) is 0.696. The summed E-state index contributed by atoms with van der Waals surface area (Å²) in [6.45, 7) is 8.55. The first-order chi connectivity index (χ1) is 14.0. The van der Waals surface area contributed by atoms with Crippen LogP contribution in [0.1, 0.15) is 101 Å². The number of benzene rings is 1. The molecule has 0 atom stereocenters. The Hall–Kier alpha value is -1.95. The van der Waals surface area contributed by atoms with Crippen molar-refractivity contribution >= 4 is 5.97 Å². The molecule has 0 unspecified atom stereocenters. The van der Waals surface area contributed by atoms with E-state index in [1.807, 2.05) is 6.92 Å². The number of hydrogen-bond acceptors (Lipinski definition) is 5. The van der Waals surface area contributed by atoms with E-state index in [1.165, 1.54) is 0 Å². The molecule has 0 aliphatic heterocycles. The number of aromatic carboxylic acids is 1. The molecular weight excluding hydrogens is 372 g/mol. The van der Waals surface area contributed by atoms with E-state index in [0.717, 1.165) is 56.9 Å². The Kier molecular flexibility index (Phi) is 12.2. The third kappa shape index (κ3) is 7.42. The number of rotatable bonds is 16. The van der Waals surface area contributed by atoms with Gasteiger partial charge in [-0.05, 0) is 45.1 Å². The predicted molar refractivity (Wildman–Crippen MR) is 114 cm³/mol. The quantitative estimate of drug-likeness (QED) is 0.196. The van der Waals surface area contributed by atoms with Crippen molar-refractivity contribution in [2.75, 3.05) is 13.2 Å². The average molecular weight is 411 g/mol. The summed E-state index contributed by atoms with van der Waals surface area (Å²) in [5, 5.41) is 20.6. The Labute approximate surface area is 175 Å². The van der Waals surface area contributed by atoms with Crippen LogP contribution in [0.2, 0.25) is 0 Å². The molecule has 0 radical (unpaired) electrons. The zero-order chi connectivity index (χ0) is 21.6. The van der Waals surface area contributed by atoms with Crippen molar-refractivity contribution < 1.29 is 29.5 Å². The molecule has 2 N–H and O–H groups in total. The van der Waals surface area contributed by atoms with Crippen LogP contribution in [0.4, 0.5) is 0 Å². The summed E-state index contributed by atoms with van der Waals surface area (Å²) >= 11 is 0. The summed E-state index contributed by atoms with van der Waals surface area (Å²) < 4.78 is 5.85.